The van der Waals surface area contributed by atoms with Crippen LogP contribution >= 0.6 is 0 Å². The maximum atomic E-state index is 5.66. The van der Waals surface area contributed by atoms with Gasteiger partial charge >= 0.3 is 0 Å². The summed E-state index contributed by atoms with van der Waals surface area (Å²) in [4.78, 5) is 16.9. The fraction of sp³-hybridized carbons (Fsp3) is 0. The molecular weight excluding hydrogens is 1140 g/mol. The second-order valence-electron chi connectivity index (χ2n) is 24.4. The van der Waals surface area contributed by atoms with E-state index in [1.165, 1.54) is 43.6 Å². The molecule has 14 aromatic carbocycles. The largest absolute Gasteiger partial charge is 0.309 e. The molecule has 0 amide bonds. The van der Waals surface area contributed by atoms with Crippen LogP contribution in [0.3, 0.4) is 0 Å². The Morgan fingerprint density at radius 2 is 0.426 bits per heavy atom. The molecule has 7 nitrogen and oxygen atoms in total. The Hall–Kier alpha value is -12.7. The molecule has 0 saturated carbocycles. The zero-order valence-corrected chi connectivity index (χ0v) is 50.9. The van der Waals surface area contributed by atoms with Gasteiger partial charge in [-0.25, -0.2) is 0 Å². The first-order valence-electron chi connectivity index (χ1n) is 32.0. The zero-order chi connectivity index (χ0) is 61.8. The van der Waals surface area contributed by atoms with Gasteiger partial charge in [0.15, 0.2) is 5.82 Å². The number of nitrogens with zero attached hydrogens (tertiary/aromatic N) is 7. The first-order chi connectivity index (χ1) is 46.6. The molecule has 0 aliphatic heterocycles. The molecule has 0 unspecified atom stereocenters. The third kappa shape index (κ3) is 8.63. The van der Waals surface area contributed by atoms with E-state index in [9.17, 15) is 0 Å². The first kappa shape index (κ1) is 53.2. The number of hydrogen-bond donors (Lipinski definition) is 0. The van der Waals surface area contributed by atoms with Gasteiger partial charge in [-0.15, -0.1) is 0 Å². The molecule has 438 valence electrons. The Labute approximate surface area is 541 Å². The number of hydrogen-bond acceptors (Lipinski definition) is 3. The molecule has 19 aromatic rings. The molecule has 5 aromatic heterocycles. The lowest BCUT2D eigenvalue weighted by Crippen LogP contribution is -2.10. The van der Waals surface area contributed by atoms with Gasteiger partial charge < -0.3 is 9.13 Å². The van der Waals surface area contributed by atoms with E-state index in [-0.39, 0.29) is 0 Å². The summed E-state index contributed by atoms with van der Waals surface area (Å²) >= 11 is 0. The summed E-state index contributed by atoms with van der Waals surface area (Å²) in [6.45, 7) is 0. The molecule has 5 heterocycles. The Morgan fingerprint density at radius 3 is 0.809 bits per heavy atom. The van der Waals surface area contributed by atoms with Crippen molar-refractivity contribution < 1.29 is 0 Å². The van der Waals surface area contributed by atoms with Gasteiger partial charge in [-0.1, -0.05) is 212 Å². The zero-order valence-electron chi connectivity index (χ0n) is 50.9. The van der Waals surface area contributed by atoms with Gasteiger partial charge in [0.1, 0.15) is 0 Å². The lowest BCUT2D eigenvalue weighted by molar-refractivity contribution is 0.893. The van der Waals surface area contributed by atoms with Crippen LogP contribution in [0.2, 0.25) is 0 Å². The number of rotatable bonds is 10. The quantitative estimate of drug-likeness (QED) is 0.137. The Bertz CT molecular complexity index is 5860. The number of fused-ring (bicyclic) bond motifs is 12. The van der Waals surface area contributed by atoms with E-state index in [4.69, 9.17) is 15.0 Å². The van der Waals surface area contributed by atoms with Gasteiger partial charge in [0.2, 0.25) is 11.9 Å². The van der Waals surface area contributed by atoms with E-state index in [0.717, 1.165) is 116 Å². The average Bonchev–Trinajstić information content (AvgIpc) is 1.59. The predicted octanol–water partition coefficient (Wildman–Crippen LogP) is 22.3. The van der Waals surface area contributed by atoms with Crippen molar-refractivity contribution in [3.63, 3.8) is 0 Å². The third-order valence-corrected chi connectivity index (χ3v) is 19.0. The lowest BCUT2D eigenvalue weighted by Gasteiger charge is -2.14. The molecule has 0 aliphatic carbocycles. The molecular formula is C87H55N7. The second-order valence-corrected chi connectivity index (χ2v) is 24.4. The molecule has 0 aliphatic rings. The topological polar surface area (TPSA) is 58.4 Å². The minimum atomic E-state index is 0.516. The van der Waals surface area contributed by atoms with E-state index in [2.05, 4.69) is 352 Å². The number of aromatic nitrogens is 7. The molecule has 0 N–H and O–H groups in total. The van der Waals surface area contributed by atoms with Gasteiger partial charge in [-0.05, 0) is 177 Å². The van der Waals surface area contributed by atoms with E-state index in [0.29, 0.717) is 17.7 Å². The van der Waals surface area contributed by atoms with Crippen LogP contribution in [0.4, 0.5) is 0 Å². The van der Waals surface area contributed by atoms with Gasteiger partial charge in [0, 0.05) is 60.0 Å². The summed E-state index contributed by atoms with van der Waals surface area (Å²) in [6.07, 6.45) is 0. The highest BCUT2D eigenvalue weighted by atomic mass is 15.3. The van der Waals surface area contributed by atoms with Crippen LogP contribution in [0.1, 0.15) is 0 Å². The summed E-state index contributed by atoms with van der Waals surface area (Å²) in [5.74, 6) is 1.59. The standard InChI is InChI=1S/C87H55N7/c1-5-22-56(23-6-1)64-49-65(57-24-7-2-8-25-57)51-66(50-64)58-26-21-27-63(48-58)85-88-86(93-79-38-19-15-34-71(79)75-54-61(42-46-83(75)93)59-40-44-81-73(52-59)69-32-13-17-36-77(69)91(81)67-28-9-3-10-29-67)90-87(89-85)94-80-39-20-16-35-72(80)76-55-62(43-47-84(76)94)60-41-45-82-74(53-60)70-33-14-18-37-78(70)92(82)68-30-11-4-12-31-68/h1-55H. The minimum absolute atomic E-state index is 0.516. The monoisotopic (exact) mass is 1200 g/mol. The van der Waals surface area contributed by atoms with E-state index in [1.54, 1.807) is 0 Å². The van der Waals surface area contributed by atoms with Crippen LogP contribution in [0, 0.1) is 0 Å². The van der Waals surface area contributed by atoms with Crippen molar-refractivity contribution in [2.75, 3.05) is 0 Å². The van der Waals surface area contributed by atoms with E-state index >= 15 is 0 Å². The van der Waals surface area contributed by atoms with Gasteiger partial charge in [-0.3, -0.25) is 9.13 Å². The number of para-hydroxylation sites is 6. The molecule has 7 heteroatoms. The van der Waals surface area contributed by atoms with Crippen LogP contribution in [0.15, 0.2) is 334 Å². The van der Waals surface area contributed by atoms with E-state index < -0.39 is 0 Å². The van der Waals surface area contributed by atoms with Crippen molar-refractivity contribution in [2.45, 2.75) is 0 Å². The summed E-state index contributed by atoms with van der Waals surface area (Å²) in [6, 6.07) is 120. The summed E-state index contributed by atoms with van der Waals surface area (Å²) < 4.78 is 9.20. The normalized spacial score (nSPS) is 11.8. The fourth-order valence-electron chi connectivity index (χ4n) is 14.7. The fourth-order valence-corrected chi connectivity index (χ4v) is 14.7. The molecule has 0 bridgehead atoms. The maximum absolute atomic E-state index is 5.66. The molecule has 0 atom stereocenters. The molecule has 94 heavy (non-hydrogen) atoms. The maximum Gasteiger partial charge on any atom is 0.240 e. The summed E-state index contributed by atoms with van der Waals surface area (Å²) in [5.41, 5.74) is 23.1. The van der Waals surface area contributed by atoms with Crippen molar-refractivity contribution >= 4 is 87.2 Å². The molecule has 0 spiro atoms. The van der Waals surface area contributed by atoms with Crippen LogP contribution in [-0.4, -0.2) is 33.2 Å². The summed E-state index contributed by atoms with van der Waals surface area (Å²) in [7, 11) is 0. The average molecular weight is 1200 g/mol. The Kier molecular flexibility index (Phi) is 12.1. The van der Waals surface area contributed by atoms with Crippen molar-refractivity contribution in [2.24, 2.45) is 0 Å². The van der Waals surface area contributed by atoms with Crippen molar-refractivity contribution in [3.05, 3.63) is 334 Å². The summed E-state index contributed by atoms with van der Waals surface area (Å²) in [5, 5.41) is 9.26. The third-order valence-electron chi connectivity index (χ3n) is 19.0. The molecule has 0 fully saturated rings. The molecule has 0 radical (unpaired) electrons. The van der Waals surface area contributed by atoms with Crippen LogP contribution in [0.25, 0.3) is 178 Å². The second kappa shape index (κ2) is 21.5. The first-order valence-corrected chi connectivity index (χ1v) is 32.0. The lowest BCUT2D eigenvalue weighted by atomic mass is 9.93. The molecule has 0 saturated heterocycles. The van der Waals surface area contributed by atoms with Crippen LogP contribution in [-0.2, 0) is 0 Å². The van der Waals surface area contributed by atoms with Crippen molar-refractivity contribution in [1.29, 1.82) is 0 Å². The van der Waals surface area contributed by atoms with E-state index in [1.807, 2.05) is 0 Å². The predicted molar refractivity (Wildman–Crippen MR) is 390 cm³/mol. The highest BCUT2D eigenvalue weighted by molar-refractivity contribution is 6.15. The molecule has 19 rings (SSSR count). The Morgan fingerprint density at radius 1 is 0.160 bits per heavy atom. The van der Waals surface area contributed by atoms with Crippen LogP contribution < -0.4 is 0 Å². The Balaban J connectivity index is 0.800. The smallest absolute Gasteiger partial charge is 0.240 e. The minimum Gasteiger partial charge on any atom is -0.309 e. The number of benzene rings is 14. The van der Waals surface area contributed by atoms with Gasteiger partial charge in [-0.2, -0.15) is 15.0 Å². The van der Waals surface area contributed by atoms with Crippen molar-refractivity contribution in [3.8, 4) is 90.3 Å². The highest BCUT2D eigenvalue weighted by Crippen LogP contribution is 2.42. The van der Waals surface area contributed by atoms with Gasteiger partial charge in [0.05, 0.1) is 44.1 Å². The SMILES string of the molecule is c1ccc(-c2cc(-c3ccccc3)cc(-c3cccc(-c4nc(-n5c6ccccc6c6cc(-c7ccc8c(c7)c7ccccc7n8-c7ccccc7)ccc65)nc(-n5c6ccccc6c6cc(-c7ccc8c(c7)c7ccccc7n8-c7ccccc7)ccc65)n4)c3)c2)cc1. The van der Waals surface area contributed by atoms with Gasteiger partial charge in [0.25, 0.3) is 0 Å². The van der Waals surface area contributed by atoms with Crippen molar-refractivity contribution in [1.82, 2.24) is 33.2 Å². The highest BCUT2D eigenvalue weighted by Gasteiger charge is 2.24. The van der Waals surface area contributed by atoms with Crippen LogP contribution in [0.5, 0.6) is 0 Å².